The quantitative estimate of drug-likeness (QED) is 0.468. The van der Waals surface area contributed by atoms with E-state index in [-0.39, 0.29) is 32.7 Å². The molecule has 12 heteroatoms. The number of hydrogen-bond donors (Lipinski definition) is 4. The number of para-hydroxylation sites is 2. The Labute approximate surface area is 201 Å². The number of nitrogens with zero attached hydrogens (tertiary/aromatic N) is 1. The summed E-state index contributed by atoms with van der Waals surface area (Å²) in [6.45, 7) is -0.932. The van der Waals surface area contributed by atoms with E-state index in [0.29, 0.717) is 0 Å². The third-order valence-electron chi connectivity index (χ3n) is 6.77. The molecule has 0 aromatic heterocycles. The molecule has 4 N–H and O–H groups in total. The van der Waals surface area contributed by atoms with Crippen LogP contribution < -0.4 is 10.6 Å². The van der Waals surface area contributed by atoms with Crippen molar-refractivity contribution in [1.82, 2.24) is 4.90 Å². The van der Waals surface area contributed by atoms with Crippen LogP contribution in [-0.4, -0.2) is 51.4 Å². The summed E-state index contributed by atoms with van der Waals surface area (Å²) in [7, 11) is 0. The summed E-state index contributed by atoms with van der Waals surface area (Å²) in [4.78, 5) is 40.5. The van der Waals surface area contributed by atoms with Crippen molar-refractivity contribution in [3.63, 3.8) is 0 Å². The number of nitrogens with one attached hydrogen (secondary N) is 2. The van der Waals surface area contributed by atoms with Crippen molar-refractivity contribution in [2.75, 3.05) is 17.2 Å². The van der Waals surface area contributed by atoms with Gasteiger partial charge < -0.3 is 20.8 Å². The molecule has 34 heavy (non-hydrogen) atoms. The fourth-order valence-corrected chi connectivity index (χ4v) is 6.14. The smallest absolute Gasteiger partial charge is 0.310 e. The van der Waals surface area contributed by atoms with Crippen molar-refractivity contribution in [1.29, 1.82) is 0 Å². The average Bonchev–Trinajstić information content (AvgIpc) is 3.30. The zero-order valence-corrected chi connectivity index (χ0v) is 18.7. The SMILES string of the molecule is O=C(Nc1ccccc1O)C1C2CC(F)(F)CN2C2(C(=O)Nc3c(Cl)cc(Cl)cc32)C1C(=O)O. The average molecular weight is 512 g/mol. The van der Waals surface area contributed by atoms with Crippen LogP contribution >= 0.6 is 23.2 Å². The summed E-state index contributed by atoms with van der Waals surface area (Å²) < 4.78 is 29.4. The molecule has 0 bridgehead atoms. The standard InChI is InChI=1S/C22H17Cl2F2N3O5/c23-9-5-10-17(11(24)6-9)28-20(34)22(10)16(19(32)33)15(13-7-21(25,26)8-29(13)22)18(31)27-12-3-1-2-4-14(12)30/h1-6,13,15-16,30H,7-8H2,(H,27,31)(H,28,34)(H,32,33). The number of rotatable bonds is 3. The van der Waals surface area contributed by atoms with Crippen LogP contribution in [0.25, 0.3) is 0 Å². The molecule has 0 saturated carbocycles. The van der Waals surface area contributed by atoms with Gasteiger partial charge in [-0.3, -0.25) is 19.3 Å². The topological polar surface area (TPSA) is 119 Å². The minimum atomic E-state index is -3.28. The van der Waals surface area contributed by atoms with Crippen LogP contribution in [0.15, 0.2) is 36.4 Å². The van der Waals surface area contributed by atoms with E-state index in [9.17, 15) is 33.4 Å². The number of phenols is 1. The maximum atomic E-state index is 14.7. The number of phenolic OH excluding ortho intramolecular Hbond substituents is 1. The maximum absolute atomic E-state index is 14.7. The fourth-order valence-electron chi connectivity index (χ4n) is 5.60. The van der Waals surface area contributed by atoms with Crippen LogP contribution in [-0.2, 0) is 19.9 Å². The number of amides is 2. The molecule has 3 aliphatic rings. The van der Waals surface area contributed by atoms with E-state index in [0.717, 1.165) is 4.90 Å². The lowest BCUT2D eigenvalue weighted by Gasteiger charge is -2.35. The number of fused-ring (bicyclic) bond motifs is 4. The van der Waals surface area contributed by atoms with Gasteiger partial charge in [0.25, 0.3) is 11.8 Å². The van der Waals surface area contributed by atoms with Crippen molar-refractivity contribution in [2.24, 2.45) is 11.8 Å². The Kier molecular flexibility index (Phi) is 5.05. The van der Waals surface area contributed by atoms with Gasteiger partial charge in [0.1, 0.15) is 17.2 Å². The summed E-state index contributed by atoms with van der Waals surface area (Å²) in [6, 6.07) is 7.10. The Bertz CT molecular complexity index is 1260. The number of anilines is 2. The molecule has 3 heterocycles. The molecule has 2 aromatic carbocycles. The molecule has 5 rings (SSSR count). The second kappa shape index (κ2) is 7.53. The molecule has 0 radical (unpaired) electrons. The van der Waals surface area contributed by atoms with Crippen LogP contribution in [0.5, 0.6) is 5.75 Å². The van der Waals surface area contributed by atoms with Gasteiger partial charge in [0.15, 0.2) is 0 Å². The van der Waals surface area contributed by atoms with Gasteiger partial charge in [-0.1, -0.05) is 35.3 Å². The van der Waals surface area contributed by atoms with Crippen molar-refractivity contribution >= 4 is 52.4 Å². The minimum absolute atomic E-state index is 0.0153. The number of carbonyl (C=O) groups excluding carboxylic acids is 2. The predicted molar refractivity (Wildman–Crippen MR) is 118 cm³/mol. The highest BCUT2D eigenvalue weighted by atomic mass is 35.5. The van der Waals surface area contributed by atoms with Crippen LogP contribution in [0.2, 0.25) is 10.0 Å². The lowest BCUT2D eigenvalue weighted by atomic mass is 9.73. The molecule has 1 spiro atoms. The Balaban J connectivity index is 1.70. The van der Waals surface area contributed by atoms with Gasteiger partial charge in [0.2, 0.25) is 5.91 Å². The summed E-state index contributed by atoms with van der Waals surface area (Å²) in [6.07, 6.45) is -0.825. The van der Waals surface area contributed by atoms with E-state index < -0.39 is 60.1 Å². The first kappa shape index (κ1) is 22.8. The van der Waals surface area contributed by atoms with E-state index in [1.165, 1.54) is 36.4 Å². The van der Waals surface area contributed by atoms with Gasteiger partial charge in [0, 0.05) is 23.0 Å². The largest absolute Gasteiger partial charge is 0.506 e. The summed E-state index contributed by atoms with van der Waals surface area (Å²) in [5.41, 5.74) is -2.06. The van der Waals surface area contributed by atoms with Gasteiger partial charge in [-0.25, -0.2) is 8.78 Å². The number of alkyl halides is 2. The first-order chi connectivity index (χ1) is 16.0. The van der Waals surface area contributed by atoms with Gasteiger partial charge in [-0.15, -0.1) is 0 Å². The van der Waals surface area contributed by atoms with Crippen molar-refractivity contribution in [3.05, 3.63) is 52.0 Å². The van der Waals surface area contributed by atoms with Crippen LogP contribution in [0.1, 0.15) is 12.0 Å². The lowest BCUT2D eigenvalue weighted by Crippen LogP contribution is -2.54. The highest BCUT2D eigenvalue weighted by Gasteiger charge is 2.74. The Morgan fingerprint density at radius 1 is 1.21 bits per heavy atom. The number of carbonyl (C=O) groups is 3. The third kappa shape index (κ3) is 3.09. The molecule has 8 nitrogen and oxygen atoms in total. The maximum Gasteiger partial charge on any atom is 0.310 e. The van der Waals surface area contributed by atoms with Gasteiger partial charge in [-0.2, -0.15) is 0 Å². The number of carboxylic acids is 1. The number of hydrogen-bond acceptors (Lipinski definition) is 5. The monoisotopic (exact) mass is 511 g/mol. The van der Waals surface area contributed by atoms with E-state index in [2.05, 4.69) is 10.6 Å². The van der Waals surface area contributed by atoms with Crippen LogP contribution in [0.3, 0.4) is 0 Å². The Morgan fingerprint density at radius 3 is 2.59 bits per heavy atom. The van der Waals surface area contributed by atoms with Crippen molar-refractivity contribution in [2.45, 2.75) is 23.9 Å². The van der Waals surface area contributed by atoms with E-state index >= 15 is 0 Å². The van der Waals surface area contributed by atoms with E-state index in [4.69, 9.17) is 23.2 Å². The summed E-state index contributed by atoms with van der Waals surface area (Å²) >= 11 is 12.4. The number of benzene rings is 2. The number of halogens is 4. The highest BCUT2D eigenvalue weighted by molar-refractivity contribution is 6.38. The van der Waals surface area contributed by atoms with E-state index in [1.54, 1.807) is 0 Å². The molecule has 4 atom stereocenters. The van der Waals surface area contributed by atoms with Crippen molar-refractivity contribution < 1.29 is 33.4 Å². The predicted octanol–water partition coefficient (Wildman–Crippen LogP) is 3.53. The number of aromatic hydroxyl groups is 1. The van der Waals surface area contributed by atoms with Gasteiger partial charge in [0.05, 0.1) is 28.9 Å². The molecule has 4 unspecified atom stereocenters. The van der Waals surface area contributed by atoms with Crippen molar-refractivity contribution in [3.8, 4) is 5.75 Å². The molecule has 2 fully saturated rings. The number of aliphatic carboxylic acids is 1. The van der Waals surface area contributed by atoms with Crippen LogP contribution in [0.4, 0.5) is 20.2 Å². The van der Waals surface area contributed by atoms with E-state index in [1.807, 2.05) is 0 Å². The molecular weight excluding hydrogens is 495 g/mol. The normalized spacial score (nSPS) is 29.1. The molecule has 178 valence electrons. The second-order valence-corrected chi connectivity index (χ2v) is 9.48. The first-order valence-corrected chi connectivity index (χ1v) is 11.0. The zero-order valence-electron chi connectivity index (χ0n) is 17.2. The summed E-state index contributed by atoms with van der Waals surface area (Å²) in [5, 5.41) is 25.3. The number of carboxylic acid groups (broad SMARTS) is 1. The summed E-state index contributed by atoms with van der Waals surface area (Å²) in [5.74, 6) is -10.2. The van der Waals surface area contributed by atoms with Gasteiger partial charge in [-0.05, 0) is 24.3 Å². The molecular formula is C22H17Cl2F2N3O5. The lowest BCUT2D eigenvalue weighted by molar-refractivity contribution is -0.153. The zero-order chi connectivity index (χ0) is 24.6. The van der Waals surface area contributed by atoms with Crippen LogP contribution in [0, 0.1) is 11.8 Å². The molecule has 2 saturated heterocycles. The molecule has 2 amide bonds. The Hall–Kier alpha value is -2.95. The first-order valence-electron chi connectivity index (χ1n) is 10.2. The fraction of sp³-hybridized carbons (Fsp3) is 0.318. The molecule has 2 aromatic rings. The second-order valence-electron chi connectivity index (χ2n) is 8.63. The third-order valence-corrected chi connectivity index (χ3v) is 7.28. The molecule has 3 aliphatic heterocycles. The molecule has 0 aliphatic carbocycles. The minimum Gasteiger partial charge on any atom is -0.506 e. The highest BCUT2D eigenvalue weighted by Crippen LogP contribution is 2.61. The van der Waals surface area contributed by atoms with Gasteiger partial charge >= 0.3 is 5.97 Å². The Morgan fingerprint density at radius 2 is 1.91 bits per heavy atom.